The standard InChI is InChI=1S/C10H14O2/c11-10-9-4-6-1-2-7(9)5-8(3-6)12-10/h6-9H,1-5H2. The van der Waals surface area contributed by atoms with E-state index in [4.69, 9.17) is 4.74 Å². The van der Waals surface area contributed by atoms with Gasteiger partial charge in [-0.05, 0) is 43.9 Å². The van der Waals surface area contributed by atoms with E-state index in [0.29, 0.717) is 5.92 Å². The number of rotatable bonds is 0. The lowest BCUT2D eigenvalue weighted by Crippen LogP contribution is -2.35. The molecule has 0 amide bonds. The van der Waals surface area contributed by atoms with Crippen LogP contribution in [-0.4, -0.2) is 12.1 Å². The minimum atomic E-state index is 0.110. The highest BCUT2D eigenvalue weighted by molar-refractivity contribution is 5.74. The van der Waals surface area contributed by atoms with E-state index >= 15 is 0 Å². The maximum absolute atomic E-state index is 11.4. The summed E-state index contributed by atoms with van der Waals surface area (Å²) in [5.74, 6) is 1.86. The van der Waals surface area contributed by atoms with Crippen LogP contribution < -0.4 is 0 Å². The fraction of sp³-hybridized carbons (Fsp3) is 0.900. The molecule has 2 heteroatoms. The van der Waals surface area contributed by atoms with Gasteiger partial charge in [-0.2, -0.15) is 0 Å². The smallest absolute Gasteiger partial charge is 0.309 e. The van der Waals surface area contributed by atoms with Crippen molar-refractivity contribution in [2.24, 2.45) is 17.8 Å². The zero-order chi connectivity index (χ0) is 8.13. The van der Waals surface area contributed by atoms with Crippen LogP contribution in [0, 0.1) is 17.8 Å². The van der Waals surface area contributed by atoms with E-state index in [1.807, 2.05) is 0 Å². The Kier molecular flexibility index (Phi) is 1.29. The SMILES string of the molecule is O=C1OC2CC3CCC(C2)C1C3. The van der Waals surface area contributed by atoms with Crippen LogP contribution in [0.1, 0.15) is 32.1 Å². The Morgan fingerprint density at radius 2 is 2.08 bits per heavy atom. The average Bonchev–Trinajstić information content (AvgIpc) is 2.37. The number of fused-ring (bicyclic) bond motifs is 2. The Morgan fingerprint density at radius 1 is 1.17 bits per heavy atom. The summed E-state index contributed by atoms with van der Waals surface area (Å²) in [5, 5.41) is 0. The average molecular weight is 166 g/mol. The summed E-state index contributed by atoms with van der Waals surface area (Å²) in [6.07, 6.45) is 6.34. The minimum Gasteiger partial charge on any atom is -0.462 e. The molecular weight excluding hydrogens is 152 g/mol. The quantitative estimate of drug-likeness (QED) is 0.512. The van der Waals surface area contributed by atoms with Gasteiger partial charge >= 0.3 is 5.97 Å². The van der Waals surface area contributed by atoms with E-state index in [1.165, 1.54) is 12.8 Å². The fourth-order valence-corrected chi connectivity index (χ4v) is 3.26. The van der Waals surface area contributed by atoms with Crippen LogP contribution in [0.15, 0.2) is 0 Å². The first-order valence-corrected chi connectivity index (χ1v) is 5.03. The van der Waals surface area contributed by atoms with E-state index in [2.05, 4.69) is 0 Å². The molecule has 4 bridgehead atoms. The lowest BCUT2D eigenvalue weighted by atomic mass is 9.75. The van der Waals surface area contributed by atoms with Crippen LogP contribution in [0.3, 0.4) is 0 Å². The third-order valence-electron chi connectivity index (χ3n) is 3.85. The van der Waals surface area contributed by atoms with Gasteiger partial charge in [0.15, 0.2) is 0 Å². The van der Waals surface area contributed by atoms with E-state index in [-0.39, 0.29) is 18.0 Å². The van der Waals surface area contributed by atoms with Crippen LogP contribution in [-0.2, 0) is 9.53 Å². The third kappa shape index (κ3) is 0.838. The van der Waals surface area contributed by atoms with Gasteiger partial charge in [0, 0.05) is 0 Å². The van der Waals surface area contributed by atoms with Crippen molar-refractivity contribution in [3.8, 4) is 0 Å². The molecule has 5 aliphatic rings. The molecule has 0 N–H and O–H groups in total. The van der Waals surface area contributed by atoms with Crippen molar-refractivity contribution in [3.63, 3.8) is 0 Å². The molecule has 0 spiro atoms. The summed E-state index contributed by atoms with van der Waals surface area (Å²) in [6.45, 7) is 0. The Morgan fingerprint density at radius 3 is 3.00 bits per heavy atom. The Bertz CT molecular complexity index is 222. The third-order valence-corrected chi connectivity index (χ3v) is 3.85. The lowest BCUT2D eigenvalue weighted by Gasteiger charge is -2.33. The second-order valence-electron chi connectivity index (χ2n) is 4.58. The summed E-state index contributed by atoms with van der Waals surface area (Å²) >= 11 is 0. The number of hydrogen-bond donors (Lipinski definition) is 0. The zero-order valence-electron chi connectivity index (χ0n) is 7.16. The maximum atomic E-state index is 11.4. The summed E-state index contributed by atoms with van der Waals surface area (Å²) in [4.78, 5) is 11.4. The van der Waals surface area contributed by atoms with Crippen molar-refractivity contribution in [1.82, 2.24) is 0 Å². The van der Waals surface area contributed by atoms with E-state index < -0.39 is 0 Å². The highest BCUT2D eigenvalue weighted by Gasteiger charge is 2.46. The van der Waals surface area contributed by atoms with Crippen LogP contribution in [0.25, 0.3) is 0 Å². The first-order chi connectivity index (χ1) is 5.83. The molecule has 2 saturated heterocycles. The van der Waals surface area contributed by atoms with Crippen molar-refractivity contribution >= 4 is 5.97 Å². The molecule has 0 radical (unpaired) electrons. The van der Waals surface area contributed by atoms with Gasteiger partial charge in [-0.3, -0.25) is 4.79 Å². The van der Waals surface area contributed by atoms with Gasteiger partial charge in [-0.15, -0.1) is 0 Å². The molecule has 2 nitrogen and oxygen atoms in total. The molecule has 2 aliphatic heterocycles. The van der Waals surface area contributed by atoms with Gasteiger partial charge in [0.2, 0.25) is 0 Å². The molecular formula is C10H14O2. The summed E-state index contributed by atoms with van der Waals surface area (Å²) in [5.41, 5.74) is 0. The van der Waals surface area contributed by atoms with E-state index in [9.17, 15) is 4.79 Å². The molecule has 5 fully saturated rings. The summed E-state index contributed by atoms with van der Waals surface area (Å²) in [6, 6.07) is 0. The second-order valence-corrected chi connectivity index (χ2v) is 4.58. The Labute approximate surface area is 72.3 Å². The normalized spacial score (nSPS) is 50.5. The maximum Gasteiger partial charge on any atom is 0.309 e. The predicted molar refractivity (Wildman–Crippen MR) is 43.4 cm³/mol. The van der Waals surface area contributed by atoms with Crippen LogP contribution in [0.2, 0.25) is 0 Å². The topological polar surface area (TPSA) is 26.3 Å². The van der Waals surface area contributed by atoms with Gasteiger partial charge < -0.3 is 4.74 Å². The van der Waals surface area contributed by atoms with Gasteiger partial charge in [0.05, 0.1) is 5.92 Å². The van der Waals surface area contributed by atoms with Gasteiger partial charge in [-0.1, -0.05) is 0 Å². The van der Waals surface area contributed by atoms with Crippen molar-refractivity contribution in [2.75, 3.05) is 0 Å². The number of hydrogen-bond acceptors (Lipinski definition) is 2. The highest BCUT2D eigenvalue weighted by Crippen LogP contribution is 2.47. The van der Waals surface area contributed by atoms with Crippen LogP contribution in [0.4, 0.5) is 0 Å². The van der Waals surface area contributed by atoms with Crippen molar-refractivity contribution in [2.45, 2.75) is 38.2 Å². The van der Waals surface area contributed by atoms with Gasteiger partial charge in [-0.25, -0.2) is 0 Å². The number of ether oxygens (including phenoxy) is 1. The number of carbonyl (C=O) groups excluding carboxylic acids is 1. The second kappa shape index (κ2) is 2.24. The van der Waals surface area contributed by atoms with Crippen molar-refractivity contribution in [1.29, 1.82) is 0 Å². The van der Waals surface area contributed by atoms with Gasteiger partial charge in [0.1, 0.15) is 6.10 Å². The molecule has 3 saturated carbocycles. The molecule has 0 aromatic rings. The molecule has 66 valence electrons. The van der Waals surface area contributed by atoms with Crippen LogP contribution >= 0.6 is 0 Å². The molecule has 0 aromatic heterocycles. The first-order valence-electron chi connectivity index (χ1n) is 5.03. The van der Waals surface area contributed by atoms with E-state index in [1.54, 1.807) is 0 Å². The first kappa shape index (κ1) is 6.93. The predicted octanol–water partition coefficient (Wildman–Crippen LogP) is 1.74. The zero-order valence-corrected chi connectivity index (χ0v) is 7.16. The largest absolute Gasteiger partial charge is 0.462 e. The summed E-state index contributed by atoms with van der Waals surface area (Å²) < 4.78 is 5.35. The molecule has 0 aromatic carbocycles. The Balaban J connectivity index is 1.98. The molecule has 4 unspecified atom stereocenters. The van der Waals surface area contributed by atoms with E-state index in [0.717, 1.165) is 25.2 Å². The number of esters is 1. The summed E-state index contributed by atoms with van der Waals surface area (Å²) in [7, 11) is 0. The molecule has 4 atom stereocenters. The van der Waals surface area contributed by atoms with Gasteiger partial charge in [0.25, 0.3) is 0 Å². The molecule has 12 heavy (non-hydrogen) atoms. The fourth-order valence-electron chi connectivity index (χ4n) is 3.26. The van der Waals surface area contributed by atoms with Crippen molar-refractivity contribution in [3.05, 3.63) is 0 Å². The lowest BCUT2D eigenvalue weighted by molar-refractivity contribution is -0.162. The number of carbonyl (C=O) groups is 1. The van der Waals surface area contributed by atoms with Crippen molar-refractivity contribution < 1.29 is 9.53 Å². The molecule has 3 aliphatic carbocycles. The minimum absolute atomic E-state index is 0.110. The highest BCUT2D eigenvalue weighted by atomic mass is 16.5. The molecule has 5 rings (SSSR count). The molecule has 2 heterocycles. The van der Waals surface area contributed by atoms with Crippen LogP contribution in [0.5, 0.6) is 0 Å². The monoisotopic (exact) mass is 166 g/mol. The Hall–Kier alpha value is -0.530.